The second kappa shape index (κ2) is 5.65. The van der Waals surface area contributed by atoms with Crippen molar-refractivity contribution in [1.29, 1.82) is 0 Å². The van der Waals surface area contributed by atoms with Gasteiger partial charge in [-0.2, -0.15) is 0 Å². The smallest absolute Gasteiger partial charge is 0.123 e. The minimum atomic E-state index is -0.167. The summed E-state index contributed by atoms with van der Waals surface area (Å²) in [5.74, 6) is 1.13. The van der Waals surface area contributed by atoms with Crippen LogP contribution in [0.25, 0.3) is 0 Å². The number of nitrogens with one attached hydrogen (secondary N) is 1. The molecule has 0 aliphatic heterocycles. The van der Waals surface area contributed by atoms with E-state index in [2.05, 4.69) is 5.32 Å². The zero-order valence-electron chi connectivity index (χ0n) is 9.26. The Labute approximate surface area is 101 Å². The van der Waals surface area contributed by atoms with Crippen molar-refractivity contribution in [3.8, 4) is 0 Å². The lowest BCUT2D eigenvalue weighted by Gasteiger charge is -2.18. The van der Waals surface area contributed by atoms with Crippen LogP contribution >= 0.6 is 11.6 Å². The summed E-state index contributed by atoms with van der Waals surface area (Å²) >= 11 is 5.91. The molecule has 0 bridgehead atoms. The first-order chi connectivity index (χ1) is 7.79. The van der Waals surface area contributed by atoms with Gasteiger partial charge in [-0.1, -0.05) is 18.6 Å². The molecule has 3 heteroatoms. The lowest BCUT2D eigenvalue weighted by atomic mass is 10.1. The van der Waals surface area contributed by atoms with E-state index >= 15 is 0 Å². The van der Waals surface area contributed by atoms with Crippen molar-refractivity contribution in [3.63, 3.8) is 0 Å². The molecular formula is C13H17ClFN. The first kappa shape index (κ1) is 11.9. The maximum atomic E-state index is 13.0. The lowest BCUT2D eigenvalue weighted by Crippen LogP contribution is -2.32. The van der Waals surface area contributed by atoms with E-state index in [4.69, 9.17) is 11.6 Å². The molecule has 2 rings (SSSR count). The Hall–Kier alpha value is -0.600. The van der Waals surface area contributed by atoms with Gasteiger partial charge in [0, 0.05) is 18.5 Å². The molecular weight excluding hydrogens is 225 g/mol. The number of rotatable bonds is 4. The third-order valence-electron chi connectivity index (χ3n) is 3.31. The third-order valence-corrected chi connectivity index (χ3v) is 3.71. The molecule has 2 unspecified atom stereocenters. The van der Waals surface area contributed by atoms with E-state index in [1.165, 1.54) is 25.3 Å². The van der Waals surface area contributed by atoms with Crippen LogP contribution in [-0.2, 0) is 6.54 Å². The van der Waals surface area contributed by atoms with Gasteiger partial charge in [0.15, 0.2) is 0 Å². The van der Waals surface area contributed by atoms with Gasteiger partial charge in [0.25, 0.3) is 0 Å². The molecule has 1 aromatic carbocycles. The van der Waals surface area contributed by atoms with Crippen LogP contribution in [0.3, 0.4) is 0 Å². The molecule has 88 valence electrons. The zero-order valence-corrected chi connectivity index (χ0v) is 10.0. The van der Waals surface area contributed by atoms with Crippen molar-refractivity contribution in [2.24, 2.45) is 5.92 Å². The van der Waals surface area contributed by atoms with E-state index < -0.39 is 0 Å². The van der Waals surface area contributed by atoms with E-state index in [0.29, 0.717) is 12.0 Å². The van der Waals surface area contributed by atoms with Gasteiger partial charge in [0.1, 0.15) is 5.82 Å². The number of alkyl halides is 1. The summed E-state index contributed by atoms with van der Waals surface area (Å²) in [4.78, 5) is 0. The monoisotopic (exact) mass is 241 g/mol. The van der Waals surface area contributed by atoms with Crippen LogP contribution < -0.4 is 5.32 Å². The molecule has 0 spiro atoms. The van der Waals surface area contributed by atoms with E-state index in [9.17, 15) is 4.39 Å². The third kappa shape index (κ3) is 2.96. The highest BCUT2D eigenvalue weighted by Gasteiger charge is 2.25. The quantitative estimate of drug-likeness (QED) is 0.798. The van der Waals surface area contributed by atoms with Gasteiger partial charge >= 0.3 is 0 Å². The maximum absolute atomic E-state index is 13.0. The van der Waals surface area contributed by atoms with Crippen LogP contribution in [-0.4, -0.2) is 11.9 Å². The Morgan fingerprint density at radius 1 is 1.38 bits per heavy atom. The summed E-state index contributed by atoms with van der Waals surface area (Å²) in [6.07, 6.45) is 3.65. The Kier molecular flexibility index (Phi) is 4.19. The highest BCUT2D eigenvalue weighted by molar-refractivity contribution is 6.18. The Bertz CT molecular complexity index is 342. The average Bonchev–Trinajstić information content (AvgIpc) is 2.74. The van der Waals surface area contributed by atoms with Crippen LogP contribution in [0.2, 0.25) is 0 Å². The van der Waals surface area contributed by atoms with Gasteiger partial charge in [-0.3, -0.25) is 0 Å². The first-order valence-electron chi connectivity index (χ1n) is 5.83. The second-order valence-electron chi connectivity index (χ2n) is 4.46. The van der Waals surface area contributed by atoms with Crippen LogP contribution in [0.4, 0.5) is 4.39 Å². The predicted octanol–water partition coefficient (Wildman–Crippen LogP) is 3.32. The normalized spacial score (nSPS) is 24.9. The summed E-state index contributed by atoms with van der Waals surface area (Å²) in [6, 6.07) is 7.25. The molecule has 1 N–H and O–H groups in total. The average molecular weight is 242 g/mol. The minimum Gasteiger partial charge on any atom is -0.310 e. The molecule has 0 amide bonds. The minimum absolute atomic E-state index is 0.167. The predicted molar refractivity (Wildman–Crippen MR) is 65.1 cm³/mol. The Morgan fingerprint density at radius 3 is 3.00 bits per heavy atom. The second-order valence-corrected chi connectivity index (χ2v) is 4.77. The van der Waals surface area contributed by atoms with Gasteiger partial charge < -0.3 is 5.32 Å². The van der Waals surface area contributed by atoms with E-state index in [0.717, 1.165) is 18.0 Å². The zero-order chi connectivity index (χ0) is 11.4. The molecule has 0 heterocycles. The number of benzene rings is 1. The fourth-order valence-electron chi connectivity index (χ4n) is 2.39. The first-order valence-corrected chi connectivity index (χ1v) is 6.37. The molecule has 1 nitrogen and oxygen atoms in total. The van der Waals surface area contributed by atoms with E-state index in [-0.39, 0.29) is 5.82 Å². The fraction of sp³-hybridized carbons (Fsp3) is 0.538. The van der Waals surface area contributed by atoms with Gasteiger partial charge in [0.2, 0.25) is 0 Å². The van der Waals surface area contributed by atoms with Gasteiger partial charge in [-0.05, 0) is 36.5 Å². The SMILES string of the molecule is Fc1cccc(CNC2CCCC2CCl)c1. The Balaban J connectivity index is 1.87. The summed E-state index contributed by atoms with van der Waals surface area (Å²) in [7, 11) is 0. The van der Waals surface area contributed by atoms with Crippen molar-refractivity contribution < 1.29 is 4.39 Å². The van der Waals surface area contributed by atoms with E-state index in [1.54, 1.807) is 12.1 Å². The van der Waals surface area contributed by atoms with E-state index in [1.807, 2.05) is 6.07 Å². The number of hydrogen-bond acceptors (Lipinski definition) is 1. The highest BCUT2D eigenvalue weighted by atomic mass is 35.5. The number of hydrogen-bond donors (Lipinski definition) is 1. The number of halogens is 2. The molecule has 0 radical (unpaired) electrons. The summed E-state index contributed by atoms with van der Waals surface area (Å²) < 4.78 is 13.0. The fourth-order valence-corrected chi connectivity index (χ4v) is 2.76. The summed E-state index contributed by atoms with van der Waals surface area (Å²) in [6.45, 7) is 0.732. The molecule has 1 saturated carbocycles. The van der Waals surface area contributed by atoms with Crippen LogP contribution in [0.15, 0.2) is 24.3 Å². The molecule has 1 aliphatic rings. The van der Waals surface area contributed by atoms with Gasteiger partial charge in [-0.25, -0.2) is 4.39 Å². The standard InChI is InChI=1S/C13H17ClFN/c14-8-11-4-2-6-13(11)16-9-10-3-1-5-12(15)7-10/h1,3,5,7,11,13,16H,2,4,6,8-9H2. The van der Waals surface area contributed by atoms with Crippen molar-refractivity contribution in [3.05, 3.63) is 35.6 Å². The van der Waals surface area contributed by atoms with Gasteiger partial charge in [-0.15, -0.1) is 11.6 Å². The van der Waals surface area contributed by atoms with Crippen molar-refractivity contribution in [2.45, 2.75) is 31.8 Å². The molecule has 1 aliphatic carbocycles. The topological polar surface area (TPSA) is 12.0 Å². The molecule has 0 aromatic heterocycles. The van der Waals surface area contributed by atoms with Crippen LogP contribution in [0.5, 0.6) is 0 Å². The molecule has 1 fully saturated rings. The van der Waals surface area contributed by atoms with Crippen molar-refractivity contribution in [2.75, 3.05) is 5.88 Å². The summed E-state index contributed by atoms with van der Waals surface area (Å²) in [5.41, 5.74) is 1.00. The van der Waals surface area contributed by atoms with Crippen LogP contribution in [0, 0.1) is 11.7 Å². The molecule has 2 atom stereocenters. The largest absolute Gasteiger partial charge is 0.310 e. The van der Waals surface area contributed by atoms with Crippen LogP contribution in [0.1, 0.15) is 24.8 Å². The Morgan fingerprint density at radius 2 is 2.25 bits per heavy atom. The molecule has 1 aromatic rings. The summed E-state index contributed by atoms with van der Waals surface area (Å²) in [5, 5.41) is 3.48. The molecule has 16 heavy (non-hydrogen) atoms. The van der Waals surface area contributed by atoms with Crippen molar-refractivity contribution >= 4 is 11.6 Å². The van der Waals surface area contributed by atoms with Gasteiger partial charge in [0.05, 0.1) is 0 Å². The van der Waals surface area contributed by atoms with Crippen molar-refractivity contribution in [1.82, 2.24) is 5.32 Å². The maximum Gasteiger partial charge on any atom is 0.123 e. The molecule has 0 saturated heterocycles. The lowest BCUT2D eigenvalue weighted by molar-refractivity contribution is 0.429. The highest BCUT2D eigenvalue weighted by Crippen LogP contribution is 2.26.